The third kappa shape index (κ3) is 2.53. The Morgan fingerprint density at radius 2 is 1.85 bits per heavy atom. The van der Waals surface area contributed by atoms with Crippen LogP contribution in [-0.2, 0) is 6.54 Å². The van der Waals surface area contributed by atoms with Crippen molar-refractivity contribution in [2.75, 3.05) is 5.73 Å². The molecule has 102 valence electrons. The Bertz CT molecular complexity index is 685. The second-order valence-corrected chi connectivity index (χ2v) is 4.99. The van der Waals surface area contributed by atoms with Crippen molar-refractivity contribution in [3.8, 4) is 0 Å². The Labute approximate surface area is 118 Å². The van der Waals surface area contributed by atoms with Gasteiger partial charge in [-0.25, -0.2) is 0 Å². The minimum Gasteiger partial charge on any atom is -0.459 e. The van der Waals surface area contributed by atoms with Gasteiger partial charge in [0.25, 0.3) is 0 Å². The van der Waals surface area contributed by atoms with E-state index in [1.54, 1.807) is 0 Å². The summed E-state index contributed by atoms with van der Waals surface area (Å²) in [4.78, 5) is 0. The lowest BCUT2D eigenvalue weighted by molar-refractivity contribution is 0.451. The van der Waals surface area contributed by atoms with Gasteiger partial charge in [0.2, 0.25) is 0 Å². The first-order chi connectivity index (χ1) is 9.74. The number of hydrogen-bond acceptors (Lipinski definition) is 3. The monoisotopic (exact) mass is 266 g/mol. The molecule has 1 heterocycles. The van der Waals surface area contributed by atoms with Gasteiger partial charge in [-0.2, -0.15) is 0 Å². The van der Waals surface area contributed by atoms with E-state index < -0.39 is 0 Å². The number of benzene rings is 2. The zero-order chi connectivity index (χ0) is 13.9. The van der Waals surface area contributed by atoms with E-state index in [1.807, 2.05) is 42.5 Å². The molecule has 2 aromatic carbocycles. The van der Waals surface area contributed by atoms with Gasteiger partial charge in [0.1, 0.15) is 11.3 Å². The van der Waals surface area contributed by atoms with Gasteiger partial charge in [-0.05, 0) is 30.7 Å². The molecule has 3 rings (SSSR count). The number of anilines is 1. The van der Waals surface area contributed by atoms with Crippen LogP contribution in [0.4, 0.5) is 5.69 Å². The topological polar surface area (TPSA) is 51.2 Å². The minimum absolute atomic E-state index is 0.141. The van der Waals surface area contributed by atoms with Crippen molar-refractivity contribution in [1.29, 1.82) is 0 Å². The number of furan rings is 1. The van der Waals surface area contributed by atoms with Gasteiger partial charge in [0.05, 0.1) is 6.04 Å². The van der Waals surface area contributed by atoms with Crippen LogP contribution in [0.1, 0.15) is 24.3 Å². The zero-order valence-corrected chi connectivity index (χ0v) is 11.5. The number of nitrogen functional groups attached to an aromatic ring is 1. The predicted molar refractivity (Wildman–Crippen MR) is 82.3 cm³/mol. The molecule has 0 aliphatic heterocycles. The highest BCUT2D eigenvalue weighted by Gasteiger charge is 2.11. The second kappa shape index (κ2) is 5.39. The van der Waals surface area contributed by atoms with Crippen molar-refractivity contribution in [2.45, 2.75) is 19.5 Å². The average molecular weight is 266 g/mol. The van der Waals surface area contributed by atoms with E-state index in [0.29, 0.717) is 0 Å². The Morgan fingerprint density at radius 3 is 2.65 bits per heavy atom. The summed E-state index contributed by atoms with van der Waals surface area (Å²) >= 11 is 0. The van der Waals surface area contributed by atoms with Crippen molar-refractivity contribution in [3.05, 3.63) is 65.9 Å². The Balaban J connectivity index is 1.73. The summed E-state index contributed by atoms with van der Waals surface area (Å²) in [5.41, 5.74) is 8.79. The van der Waals surface area contributed by atoms with Crippen LogP contribution < -0.4 is 11.1 Å². The summed E-state index contributed by atoms with van der Waals surface area (Å²) in [7, 11) is 0. The molecule has 0 aliphatic carbocycles. The summed E-state index contributed by atoms with van der Waals surface area (Å²) < 4.78 is 5.85. The number of para-hydroxylation sites is 2. The van der Waals surface area contributed by atoms with Crippen molar-refractivity contribution < 1.29 is 4.42 Å². The van der Waals surface area contributed by atoms with E-state index in [-0.39, 0.29) is 6.04 Å². The maximum atomic E-state index is 5.94. The molecule has 3 aromatic rings. The molecule has 0 fully saturated rings. The van der Waals surface area contributed by atoms with Crippen LogP contribution in [0.15, 0.2) is 59.0 Å². The molecule has 3 heteroatoms. The van der Waals surface area contributed by atoms with Gasteiger partial charge in [-0.1, -0.05) is 36.4 Å². The van der Waals surface area contributed by atoms with Crippen molar-refractivity contribution in [2.24, 2.45) is 0 Å². The standard InChI is InChI=1S/C17H18N2O/c1-12(19-11-14-7-2-4-8-15(14)18)17-10-13-6-3-5-9-16(13)20-17/h2-10,12,19H,11,18H2,1H3. The molecule has 0 aliphatic rings. The van der Waals surface area contributed by atoms with Crippen LogP contribution in [0.5, 0.6) is 0 Å². The quantitative estimate of drug-likeness (QED) is 0.705. The van der Waals surface area contributed by atoms with Gasteiger partial charge in [-0.15, -0.1) is 0 Å². The molecule has 0 saturated heterocycles. The third-order valence-electron chi connectivity index (χ3n) is 3.53. The Hall–Kier alpha value is -2.26. The lowest BCUT2D eigenvalue weighted by Crippen LogP contribution is -2.18. The van der Waals surface area contributed by atoms with Crippen LogP contribution in [0.25, 0.3) is 11.0 Å². The lowest BCUT2D eigenvalue weighted by Gasteiger charge is -2.12. The summed E-state index contributed by atoms with van der Waals surface area (Å²) in [6, 6.07) is 18.2. The summed E-state index contributed by atoms with van der Waals surface area (Å²) in [5.74, 6) is 0.945. The van der Waals surface area contributed by atoms with Crippen LogP contribution in [0, 0.1) is 0 Å². The van der Waals surface area contributed by atoms with Crippen LogP contribution in [-0.4, -0.2) is 0 Å². The number of hydrogen-bond donors (Lipinski definition) is 2. The molecule has 1 aromatic heterocycles. The van der Waals surface area contributed by atoms with Gasteiger partial charge < -0.3 is 15.5 Å². The van der Waals surface area contributed by atoms with Crippen LogP contribution >= 0.6 is 0 Å². The SMILES string of the molecule is CC(NCc1ccccc1N)c1cc2ccccc2o1. The van der Waals surface area contributed by atoms with Gasteiger partial charge in [-0.3, -0.25) is 0 Å². The number of nitrogens with two attached hydrogens (primary N) is 1. The van der Waals surface area contributed by atoms with E-state index in [4.69, 9.17) is 10.2 Å². The molecular formula is C17H18N2O. The average Bonchev–Trinajstić information content (AvgIpc) is 2.90. The Kier molecular flexibility index (Phi) is 3.44. The molecule has 3 N–H and O–H groups in total. The molecular weight excluding hydrogens is 248 g/mol. The fraction of sp³-hybridized carbons (Fsp3) is 0.176. The van der Waals surface area contributed by atoms with Gasteiger partial charge in [0.15, 0.2) is 0 Å². The number of nitrogens with one attached hydrogen (secondary N) is 1. The third-order valence-corrected chi connectivity index (χ3v) is 3.53. The number of rotatable bonds is 4. The molecule has 0 bridgehead atoms. The van der Waals surface area contributed by atoms with E-state index >= 15 is 0 Å². The summed E-state index contributed by atoms with van der Waals surface area (Å²) in [6.07, 6.45) is 0. The first-order valence-corrected chi connectivity index (χ1v) is 6.79. The summed E-state index contributed by atoms with van der Waals surface area (Å²) in [6.45, 7) is 2.82. The van der Waals surface area contributed by atoms with E-state index in [0.717, 1.165) is 34.5 Å². The first-order valence-electron chi connectivity index (χ1n) is 6.79. The molecule has 0 radical (unpaired) electrons. The molecule has 1 unspecified atom stereocenters. The molecule has 0 saturated carbocycles. The maximum Gasteiger partial charge on any atom is 0.134 e. The normalized spacial score (nSPS) is 12.7. The molecule has 0 spiro atoms. The van der Waals surface area contributed by atoms with Crippen molar-refractivity contribution in [1.82, 2.24) is 5.32 Å². The minimum atomic E-state index is 0.141. The van der Waals surface area contributed by atoms with Crippen molar-refractivity contribution in [3.63, 3.8) is 0 Å². The largest absolute Gasteiger partial charge is 0.459 e. The fourth-order valence-electron chi connectivity index (χ4n) is 2.27. The molecule has 20 heavy (non-hydrogen) atoms. The van der Waals surface area contributed by atoms with Gasteiger partial charge in [0, 0.05) is 17.6 Å². The zero-order valence-electron chi connectivity index (χ0n) is 11.5. The van der Waals surface area contributed by atoms with Gasteiger partial charge >= 0.3 is 0 Å². The maximum absolute atomic E-state index is 5.94. The fourth-order valence-corrected chi connectivity index (χ4v) is 2.27. The predicted octanol–water partition coefficient (Wildman–Crippen LogP) is 3.87. The highest BCUT2D eigenvalue weighted by atomic mass is 16.3. The van der Waals surface area contributed by atoms with E-state index in [1.165, 1.54) is 0 Å². The lowest BCUT2D eigenvalue weighted by atomic mass is 10.1. The van der Waals surface area contributed by atoms with Crippen LogP contribution in [0.3, 0.4) is 0 Å². The number of fused-ring (bicyclic) bond motifs is 1. The highest BCUT2D eigenvalue weighted by Crippen LogP contribution is 2.24. The van der Waals surface area contributed by atoms with E-state index in [9.17, 15) is 0 Å². The molecule has 3 nitrogen and oxygen atoms in total. The molecule has 1 atom stereocenters. The second-order valence-electron chi connectivity index (χ2n) is 4.99. The highest BCUT2D eigenvalue weighted by molar-refractivity contribution is 5.77. The first kappa shape index (κ1) is 12.8. The van der Waals surface area contributed by atoms with Crippen molar-refractivity contribution >= 4 is 16.7 Å². The summed E-state index contributed by atoms with van der Waals surface area (Å²) in [5, 5.41) is 4.58. The smallest absolute Gasteiger partial charge is 0.134 e. The van der Waals surface area contributed by atoms with Crippen LogP contribution in [0.2, 0.25) is 0 Å². The molecule has 0 amide bonds. The van der Waals surface area contributed by atoms with E-state index in [2.05, 4.69) is 24.4 Å². The Morgan fingerprint density at radius 1 is 1.10 bits per heavy atom.